The highest BCUT2D eigenvalue weighted by atomic mass is 15.2. The van der Waals surface area contributed by atoms with Crippen molar-refractivity contribution in [2.45, 2.75) is 39.2 Å². The first-order chi connectivity index (χ1) is 6.09. The molecule has 0 radical (unpaired) electrons. The highest BCUT2D eigenvalue weighted by Crippen LogP contribution is 2.21. The van der Waals surface area contributed by atoms with Gasteiger partial charge >= 0.3 is 0 Å². The first kappa shape index (κ1) is 10.5. The second-order valence-electron chi connectivity index (χ2n) is 4.29. The van der Waals surface area contributed by atoms with Crippen molar-refractivity contribution in [3.63, 3.8) is 0 Å². The molecule has 0 aromatic heterocycles. The Morgan fingerprint density at radius 1 is 1.54 bits per heavy atom. The molecule has 1 rings (SSSR count). The maximum atomic E-state index is 7.17. The molecule has 3 N–H and O–H groups in total. The zero-order valence-corrected chi connectivity index (χ0v) is 8.71. The maximum absolute atomic E-state index is 7.17. The average molecular weight is 183 g/mol. The van der Waals surface area contributed by atoms with Gasteiger partial charge in [0.05, 0.1) is 5.84 Å². The van der Waals surface area contributed by atoms with E-state index < -0.39 is 0 Å². The van der Waals surface area contributed by atoms with Crippen molar-refractivity contribution in [3.8, 4) is 0 Å². The topological polar surface area (TPSA) is 53.1 Å². The van der Waals surface area contributed by atoms with Crippen LogP contribution in [0.15, 0.2) is 0 Å². The number of nitrogens with one attached hydrogen (secondary N) is 1. The van der Waals surface area contributed by atoms with Gasteiger partial charge in [0.1, 0.15) is 0 Å². The lowest BCUT2D eigenvalue weighted by Gasteiger charge is -2.36. The predicted octanol–water partition coefficient (Wildman–Crippen LogP) is 1.43. The minimum atomic E-state index is 0.311. The summed E-state index contributed by atoms with van der Waals surface area (Å²) in [6.45, 7) is 6.73. The molecule has 2 atom stereocenters. The van der Waals surface area contributed by atoms with Crippen LogP contribution in [0.2, 0.25) is 0 Å². The number of amidine groups is 1. The monoisotopic (exact) mass is 183 g/mol. The van der Waals surface area contributed by atoms with Crippen LogP contribution >= 0.6 is 0 Å². The number of nitrogens with zero attached hydrogens (tertiary/aromatic N) is 1. The van der Waals surface area contributed by atoms with Gasteiger partial charge in [-0.05, 0) is 32.2 Å². The average Bonchev–Trinajstić information content (AvgIpc) is 2.02. The number of rotatable bonds is 3. The number of likely N-dealkylation sites (tertiary alicyclic amines) is 1. The summed E-state index contributed by atoms with van der Waals surface area (Å²) in [5.41, 5.74) is 5.34. The van der Waals surface area contributed by atoms with Crippen LogP contribution in [0.1, 0.15) is 33.1 Å². The lowest BCUT2D eigenvalue weighted by Crippen LogP contribution is -2.41. The Balaban J connectivity index is 2.29. The number of piperidine rings is 1. The predicted molar refractivity (Wildman–Crippen MR) is 56.0 cm³/mol. The van der Waals surface area contributed by atoms with Gasteiger partial charge < -0.3 is 10.6 Å². The van der Waals surface area contributed by atoms with Crippen LogP contribution in [0.3, 0.4) is 0 Å². The Labute approximate surface area is 80.8 Å². The Hall–Kier alpha value is -0.570. The Morgan fingerprint density at radius 2 is 2.23 bits per heavy atom. The summed E-state index contributed by atoms with van der Waals surface area (Å²) < 4.78 is 0. The fourth-order valence-corrected chi connectivity index (χ4v) is 2.05. The van der Waals surface area contributed by atoms with Gasteiger partial charge in [-0.1, -0.05) is 6.92 Å². The summed E-state index contributed by atoms with van der Waals surface area (Å²) in [6, 6.07) is 0.670. The molecule has 0 bridgehead atoms. The van der Waals surface area contributed by atoms with E-state index in [0.29, 0.717) is 11.9 Å². The molecular weight excluding hydrogens is 162 g/mol. The van der Waals surface area contributed by atoms with Crippen LogP contribution < -0.4 is 5.73 Å². The Morgan fingerprint density at radius 3 is 2.77 bits per heavy atom. The van der Waals surface area contributed by atoms with Crippen LogP contribution in [-0.4, -0.2) is 29.9 Å². The summed E-state index contributed by atoms with van der Waals surface area (Å²) in [7, 11) is 0. The molecule has 1 heterocycles. The van der Waals surface area contributed by atoms with E-state index >= 15 is 0 Å². The highest BCUT2D eigenvalue weighted by Gasteiger charge is 2.22. The maximum Gasteiger partial charge on any atom is 0.0918 e. The van der Waals surface area contributed by atoms with Crippen molar-refractivity contribution in [1.29, 1.82) is 5.41 Å². The van der Waals surface area contributed by atoms with E-state index in [0.717, 1.165) is 18.9 Å². The molecule has 0 saturated carbocycles. The molecule has 1 aliphatic heterocycles. The molecule has 0 aliphatic carbocycles. The minimum absolute atomic E-state index is 0.311. The lowest BCUT2D eigenvalue weighted by atomic mass is 9.93. The molecule has 1 aliphatic rings. The SMILES string of the molecule is CC1CCN(CCC(=N)N)C(C)C1. The number of hydrogen-bond donors (Lipinski definition) is 2. The molecule has 13 heavy (non-hydrogen) atoms. The normalized spacial score (nSPS) is 30.3. The van der Waals surface area contributed by atoms with E-state index in [4.69, 9.17) is 11.1 Å². The van der Waals surface area contributed by atoms with Crippen LogP contribution in [0.5, 0.6) is 0 Å². The molecule has 1 fully saturated rings. The summed E-state index contributed by atoms with van der Waals surface area (Å²) in [4.78, 5) is 2.45. The van der Waals surface area contributed by atoms with Gasteiger partial charge in [-0.2, -0.15) is 0 Å². The molecule has 76 valence electrons. The Kier molecular flexibility index (Phi) is 3.72. The fraction of sp³-hybridized carbons (Fsp3) is 0.900. The van der Waals surface area contributed by atoms with Gasteiger partial charge in [0.25, 0.3) is 0 Å². The molecule has 0 amide bonds. The Bertz CT molecular complexity index is 179. The van der Waals surface area contributed by atoms with Crippen LogP contribution in [-0.2, 0) is 0 Å². The molecule has 1 saturated heterocycles. The quantitative estimate of drug-likeness (QED) is 0.514. The third kappa shape index (κ3) is 3.35. The van der Waals surface area contributed by atoms with Gasteiger partial charge in [0, 0.05) is 19.0 Å². The van der Waals surface area contributed by atoms with Gasteiger partial charge in [0.2, 0.25) is 0 Å². The van der Waals surface area contributed by atoms with E-state index in [1.54, 1.807) is 0 Å². The van der Waals surface area contributed by atoms with E-state index in [-0.39, 0.29) is 0 Å². The lowest BCUT2D eigenvalue weighted by molar-refractivity contribution is 0.133. The first-order valence-electron chi connectivity index (χ1n) is 5.16. The van der Waals surface area contributed by atoms with Crippen molar-refractivity contribution in [1.82, 2.24) is 4.90 Å². The molecule has 0 spiro atoms. The molecule has 0 aromatic rings. The molecular formula is C10H21N3. The molecule has 2 unspecified atom stereocenters. The van der Waals surface area contributed by atoms with Crippen molar-refractivity contribution in [3.05, 3.63) is 0 Å². The van der Waals surface area contributed by atoms with E-state index in [9.17, 15) is 0 Å². The molecule has 3 nitrogen and oxygen atoms in total. The zero-order chi connectivity index (χ0) is 9.84. The number of hydrogen-bond acceptors (Lipinski definition) is 2. The summed E-state index contributed by atoms with van der Waals surface area (Å²) in [6.07, 6.45) is 3.30. The van der Waals surface area contributed by atoms with Gasteiger partial charge in [-0.15, -0.1) is 0 Å². The van der Waals surface area contributed by atoms with E-state index in [1.165, 1.54) is 19.4 Å². The third-order valence-corrected chi connectivity index (χ3v) is 2.94. The highest BCUT2D eigenvalue weighted by molar-refractivity contribution is 5.76. The minimum Gasteiger partial charge on any atom is -0.388 e. The van der Waals surface area contributed by atoms with Crippen molar-refractivity contribution in [2.75, 3.05) is 13.1 Å². The van der Waals surface area contributed by atoms with Crippen LogP contribution in [0.4, 0.5) is 0 Å². The van der Waals surface area contributed by atoms with Gasteiger partial charge in [-0.3, -0.25) is 5.41 Å². The molecule has 0 aromatic carbocycles. The molecule has 3 heteroatoms. The van der Waals surface area contributed by atoms with Gasteiger partial charge in [-0.25, -0.2) is 0 Å². The largest absolute Gasteiger partial charge is 0.388 e. The summed E-state index contributed by atoms with van der Waals surface area (Å²) in [5, 5.41) is 7.17. The number of nitrogens with two attached hydrogens (primary N) is 1. The summed E-state index contributed by atoms with van der Waals surface area (Å²) >= 11 is 0. The zero-order valence-electron chi connectivity index (χ0n) is 8.71. The fourth-order valence-electron chi connectivity index (χ4n) is 2.05. The van der Waals surface area contributed by atoms with Crippen molar-refractivity contribution < 1.29 is 0 Å². The van der Waals surface area contributed by atoms with Crippen LogP contribution in [0.25, 0.3) is 0 Å². The van der Waals surface area contributed by atoms with E-state index in [1.807, 2.05) is 0 Å². The third-order valence-electron chi connectivity index (χ3n) is 2.94. The van der Waals surface area contributed by atoms with Crippen LogP contribution in [0, 0.1) is 11.3 Å². The van der Waals surface area contributed by atoms with Crippen molar-refractivity contribution in [2.24, 2.45) is 11.7 Å². The second kappa shape index (κ2) is 4.61. The standard InChI is InChI=1S/C10H21N3/c1-8-3-5-13(9(2)7-8)6-4-10(11)12/h8-9H,3-7H2,1-2H3,(H3,11,12). The first-order valence-corrected chi connectivity index (χ1v) is 5.16. The summed E-state index contributed by atoms with van der Waals surface area (Å²) in [5.74, 6) is 1.18. The van der Waals surface area contributed by atoms with Crippen molar-refractivity contribution >= 4 is 5.84 Å². The van der Waals surface area contributed by atoms with Gasteiger partial charge in [0.15, 0.2) is 0 Å². The van der Waals surface area contributed by atoms with E-state index in [2.05, 4.69) is 18.7 Å². The second-order valence-corrected chi connectivity index (χ2v) is 4.29. The smallest absolute Gasteiger partial charge is 0.0918 e.